The van der Waals surface area contributed by atoms with Crippen LogP contribution < -0.4 is 10.2 Å². The number of piperidine rings is 1. The Hall–Kier alpha value is -2.41. The Morgan fingerprint density at radius 1 is 1.33 bits per heavy atom. The monoisotopic (exact) mass is 386 g/mol. The molecule has 0 radical (unpaired) electrons. The van der Waals surface area contributed by atoms with Crippen molar-refractivity contribution in [1.82, 2.24) is 15.1 Å². The molecule has 2 aromatic heterocycles. The Labute approximate surface area is 161 Å². The number of benzene rings is 1. The van der Waals surface area contributed by atoms with Crippen LogP contribution >= 0.6 is 11.3 Å². The SMILES string of the molecule is Cc1ccc(F)c(N2CCCC(NC(=O)c3cc4c(C)nn(C)c4s3)C2)c1. The number of nitrogens with zero attached hydrogens (tertiary/aromatic N) is 3. The average Bonchev–Trinajstić information content (AvgIpc) is 3.19. The van der Waals surface area contributed by atoms with Crippen LogP contribution in [0.25, 0.3) is 10.2 Å². The maximum Gasteiger partial charge on any atom is 0.261 e. The zero-order valence-electron chi connectivity index (χ0n) is 15.8. The van der Waals surface area contributed by atoms with E-state index >= 15 is 0 Å². The Morgan fingerprint density at radius 3 is 2.93 bits per heavy atom. The molecule has 1 atom stereocenters. The Morgan fingerprint density at radius 2 is 2.15 bits per heavy atom. The normalized spacial score (nSPS) is 17.5. The molecule has 1 N–H and O–H groups in total. The number of hydrogen-bond donors (Lipinski definition) is 1. The van der Waals surface area contributed by atoms with E-state index < -0.39 is 0 Å². The minimum absolute atomic E-state index is 0.00981. The molecule has 1 aromatic carbocycles. The number of nitrogens with one attached hydrogen (secondary N) is 1. The van der Waals surface area contributed by atoms with Crippen LogP contribution in [0, 0.1) is 19.7 Å². The van der Waals surface area contributed by atoms with Crippen molar-refractivity contribution < 1.29 is 9.18 Å². The first-order chi connectivity index (χ1) is 12.9. The van der Waals surface area contributed by atoms with Gasteiger partial charge in [-0.2, -0.15) is 5.10 Å². The number of halogens is 1. The van der Waals surface area contributed by atoms with Gasteiger partial charge in [-0.05, 0) is 50.5 Å². The van der Waals surface area contributed by atoms with Gasteiger partial charge in [-0.1, -0.05) is 6.07 Å². The van der Waals surface area contributed by atoms with Crippen LogP contribution in [-0.4, -0.2) is 34.8 Å². The summed E-state index contributed by atoms with van der Waals surface area (Å²) in [4.78, 5) is 16.5. The third-order valence-electron chi connectivity index (χ3n) is 5.12. The van der Waals surface area contributed by atoms with Crippen LogP contribution in [0.1, 0.15) is 33.8 Å². The van der Waals surface area contributed by atoms with Gasteiger partial charge < -0.3 is 10.2 Å². The average molecular weight is 386 g/mol. The fraction of sp³-hybridized carbons (Fsp3) is 0.400. The zero-order chi connectivity index (χ0) is 19.1. The summed E-state index contributed by atoms with van der Waals surface area (Å²) < 4.78 is 16.0. The molecule has 5 nitrogen and oxygen atoms in total. The number of aryl methyl sites for hydroxylation is 3. The van der Waals surface area contributed by atoms with Gasteiger partial charge in [0.25, 0.3) is 5.91 Å². The third kappa shape index (κ3) is 3.43. The van der Waals surface area contributed by atoms with E-state index in [2.05, 4.69) is 10.4 Å². The maximum atomic E-state index is 14.2. The number of hydrogen-bond acceptors (Lipinski definition) is 4. The second-order valence-corrected chi connectivity index (χ2v) is 8.28. The van der Waals surface area contributed by atoms with Crippen molar-refractivity contribution in [2.45, 2.75) is 32.7 Å². The van der Waals surface area contributed by atoms with E-state index in [4.69, 9.17) is 0 Å². The molecule has 1 unspecified atom stereocenters. The number of fused-ring (bicyclic) bond motifs is 1. The summed E-state index contributed by atoms with van der Waals surface area (Å²) in [6.45, 7) is 5.34. The third-order valence-corrected chi connectivity index (χ3v) is 6.32. The Bertz CT molecular complexity index is 974. The van der Waals surface area contributed by atoms with Crippen LogP contribution in [0.5, 0.6) is 0 Å². The van der Waals surface area contributed by atoms with Crippen molar-refractivity contribution in [2.75, 3.05) is 18.0 Å². The van der Waals surface area contributed by atoms with Gasteiger partial charge in [-0.15, -0.1) is 11.3 Å². The molecule has 0 spiro atoms. The molecule has 1 amide bonds. The van der Waals surface area contributed by atoms with Crippen molar-refractivity contribution in [3.63, 3.8) is 0 Å². The molecule has 27 heavy (non-hydrogen) atoms. The molecular weight excluding hydrogens is 363 g/mol. The highest BCUT2D eigenvalue weighted by Crippen LogP contribution is 2.28. The molecule has 4 rings (SSSR count). The molecule has 0 bridgehead atoms. The smallest absolute Gasteiger partial charge is 0.261 e. The van der Waals surface area contributed by atoms with E-state index in [1.165, 1.54) is 17.4 Å². The summed E-state index contributed by atoms with van der Waals surface area (Å²) in [6.07, 6.45) is 1.83. The van der Waals surface area contributed by atoms with E-state index in [-0.39, 0.29) is 17.8 Å². The highest BCUT2D eigenvalue weighted by molar-refractivity contribution is 7.20. The lowest BCUT2D eigenvalue weighted by molar-refractivity contribution is 0.0937. The first kappa shape index (κ1) is 18.0. The second kappa shape index (κ2) is 6.96. The minimum Gasteiger partial charge on any atom is -0.367 e. The Balaban J connectivity index is 1.49. The van der Waals surface area contributed by atoms with E-state index in [1.807, 2.05) is 42.6 Å². The van der Waals surface area contributed by atoms with E-state index in [0.717, 1.165) is 40.9 Å². The standard InChI is InChI=1S/C20H23FN4OS/c1-12-6-7-16(21)17(9-12)25-8-4-5-14(11-25)22-19(26)18-10-15-13(2)23-24(3)20(15)27-18/h6-7,9-10,14H,4-5,8,11H2,1-3H3,(H,22,26). The van der Waals surface area contributed by atoms with E-state index in [1.54, 1.807) is 6.07 Å². The molecular formula is C20H23FN4OS. The lowest BCUT2D eigenvalue weighted by atomic mass is 10.0. The predicted molar refractivity (Wildman–Crippen MR) is 107 cm³/mol. The molecule has 1 aliphatic rings. The molecule has 0 saturated carbocycles. The Kier molecular flexibility index (Phi) is 4.63. The van der Waals surface area contributed by atoms with Gasteiger partial charge in [0.2, 0.25) is 0 Å². The molecule has 3 heterocycles. The fourth-order valence-electron chi connectivity index (χ4n) is 3.75. The van der Waals surface area contributed by atoms with Gasteiger partial charge in [-0.25, -0.2) is 4.39 Å². The predicted octanol–water partition coefficient (Wildman–Crippen LogP) is 3.79. The first-order valence-corrected chi connectivity index (χ1v) is 9.99. The highest BCUT2D eigenvalue weighted by Gasteiger charge is 2.25. The van der Waals surface area contributed by atoms with Gasteiger partial charge in [-0.3, -0.25) is 9.48 Å². The summed E-state index contributed by atoms with van der Waals surface area (Å²) in [5.41, 5.74) is 2.59. The number of carbonyl (C=O) groups is 1. The number of anilines is 1. The topological polar surface area (TPSA) is 50.2 Å². The minimum atomic E-state index is -0.208. The molecule has 1 saturated heterocycles. The summed E-state index contributed by atoms with van der Waals surface area (Å²) >= 11 is 1.46. The van der Waals surface area contributed by atoms with Crippen LogP contribution in [0.2, 0.25) is 0 Å². The summed E-state index contributed by atoms with van der Waals surface area (Å²) in [5.74, 6) is -0.271. The lowest BCUT2D eigenvalue weighted by Gasteiger charge is -2.35. The first-order valence-electron chi connectivity index (χ1n) is 9.17. The highest BCUT2D eigenvalue weighted by atomic mass is 32.1. The molecule has 7 heteroatoms. The summed E-state index contributed by atoms with van der Waals surface area (Å²) in [6, 6.07) is 7.09. The zero-order valence-corrected chi connectivity index (χ0v) is 16.6. The lowest BCUT2D eigenvalue weighted by Crippen LogP contribution is -2.48. The number of rotatable bonds is 3. The van der Waals surface area contributed by atoms with Gasteiger partial charge >= 0.3 is 0 Å². The van der Waals surface area contributed by atoms with Crippen LogP contribution in [0.3, 0.4) is 0 Å². The van der Waals surface area contributed by atoms with Crippen LogP contribution in [-0.2, 0) is 7.05 Å². The largest absolute Gasteiger partial charge is 0.367 e. The van der Waals surface area contributed by atoms with Gasteiger partial charge in [0, 0.05) is 31.6 Å². The summed E-state index contributed by atoms with van der Waals surface area (Å²) in [5, 5.41) is 8.54. The van der Waals surface area contributed by atoms with Crippen LogP contribution in [0.4, 0.5) is 10.1 Å². The molecule has 3 aromatic rings. The van der Waals surface area contributed by atoms with Gasteiger partial charge in [0.15, 0.2) is 0 Å². The number of carbonyl (C=O) groups excluding carboxylic acids is 1. The number of aromatic nitrogens is 2. The van der Waals surface area contributed by atoms with Gasteiger partial charge in [0.1, 0.15) is 10.6 Å². The molecule has 1 fully saturated rings. The quantitative estimate of drug-likeness (QED) is 0.745. The van der Waals surface area contributed by atoms with Gasteiger partial charge in [0.05, 0.1) is 16.3 Å². The maximum absolute atomic E-state index is 14.2. The van der Waals surface area contributed by atoms with Crippen molar-refractivity contribution in [1.29, 1.82) is 0 Å². The second-order valence-electron chi connectivity index (χ2n) is 7.25. The summed E-state index contributed by atoms with van der Waals surface area (Å²) in [7, 11) is 1.89. The van der Waals surface area contributed by atoms with E-state index in [9.17, 15) is 9.18 Å². The van der Waals surface area contributed by atoms with Crippen molar-refractivity contribution in [3.05, 3.63) is 46.2 Å². The van der Waals surface area contributed by atoms with E-state index in [0.29, 0.717) is 17.1 Å². The molecule has 0 aliphatic carbocycles. The van der Waals surface area contributed by atoms with Crippen LogP contribution in [0.15, 0.2) is 24.3 Å². The van der Waals surface area contributed by atoms with Crippen molar-refractivity contribution in [3.8, 4) is 0 Å². The molecule has 142 valence electrons. The van der Waals surface area contributed by atoms with Crippen molar-refractivity contribution in [2.24, 2.45) is 7.05 Å². The fourth-order valence-corrected chi connectivity index (χ4v) is 4.78. The van der Waals surface area contributed by atoms with Crippen molar-refractivity contribution >= 4 is 33.1 Å². The number of thiophene rings is 1. The number of amides is 1. The molecule has 1 aliphatic heterocycles.